The first-order chi connectivity index (χ1) is 5.70. The summed E-state index contributed by atoms with van der Waals surface area (Å²) in [6.45, 7) is 0. The summed E-state index contributed by atoms with van der Waals surface area (Å²) in [6, 6.07) is 9.33. The summed E-state index contributed by atoms with van der Waals surface area (Å²) >= 11 is 0. The molecule has 64 valence electrons. The van der Waals surface area contributed by atoms with Crippen LogP contribution < -0.4 is 0 Å². The molecule has 0 saturated heterocycles. The van der Waals surface area contributed by atoms with Crippen molar-refractivity contribution in [2.24, 2.45) is 0 Å². The molecular weight excluding hydrogens is 174 g/mol. The normalized spacial score (nSPS) is 9.83. The Hall–Kier alpha value is -0.963. The summed E-state index contributed by atoms with van der Waals surface area (Å²) in [4.78, 5) is 0. The van der Waals surface area contributed by atoms with Crippen LogP contribution in [0.15, 0.2) is 41.6 Å². The second kappa shape index (κ2) is 4.16. The van der Waals surface area contributed by atoms with Gasteiger partial charge in [0.25, 0.3) is 6.08 Å². The third-order valence-corrected chi connectivity index (χ3v) is 2.37. The lowest BCUT2D eigenvalue weighted by Gasteiger charge is -1.99. The van der Waals surface area contributed by atoms with Gasteiger partial charge < -0.3 is 0 Å². The fourth-order valence-corrected chi connectivity index (χ4v) is 1.38. The number of rotatable bonds is 2. The molecule has 0 spiro atoms. The molecule has 12 heavy (non-hydrogen) atoms. The summed E-state index contributed by atoms with van der Waals surface area (Å²) in [6.07, 6.45) is -1.11. The molecule has 1 aromatic carbocycles. The summed E-state index contributed by atoms with van der Waals surface area (Å²) in [5.41, 5.74) is 0.954. The van der Waals surface area contributed by atoms with Crippen LogP contribution in [0.5, 0.6) is 0 Å². The highest BCUT2D eigenvalue weighted by molar-refractivity contribution is 6.21. The molecule has 0 aromatic heterocycles. The molecule has 0 heterocycles. The SMILES string of the molecule is FC(F)=C([SiH3])Cc1ccccc1. The van der Waals surface area contributed by atoms with E-state index < -0.39 is 6.08 Å². The first-order valence-electron chi connectivity index (χ1n) is 3.75. The van der Waals surface area contributed by atoms with Gasteiger partial charge in [0.15, 0.2) is 0 Å². The van der Waals surface area contributed by atoms with Crippen LogP contribution in [0, 0.1) is 0 Å². The van der Waals surface area contributed by atoms with E-state index in [1.54, 1.807) is 0 Å². The molecule has 0 atom stereocenters. The number of hydrogen-bond acceptors (Lipinski definition) is 0. The fraction of sp³-hybridized carbons (Fsp3) is 0.111. The zero-order chi connectivity index (χ0) is 8.97. The maximum Gasteiger partial charge on any atom is 0.264 e. The monoisotopic (exact) mass is 184 g/mol. The lowest BCUT2D eigenvalue weighted by atomic mass is 10.1. The Labute approximate surface area is 73.3 Å². The second-order valence-electron chi connectivity index (χ2n) is 2.70. The van der Waals surface area contributed by atoms with E-state index in [9.17, 15) is 8.78 Å². The van der Waals surface area contributed by atoms with Crippen LogP contribution in [-0.2, 0) is 6.42 Å². The predicted octanol–water partition coefficient (Wildman–Crippen LogP) is 1.70. The van der Waals surface area contributed by atoms with E-state index in [1.165, 1.54) is 0 Å². The standard InChI is InChI=1S/C9H10F2Si/c10-9(11)8(12)6-7-4-2-1-3-5-7/h1-5H,6H2,12H3. The van der Waals surface area contributed by atoms with Gasteiger partial charge in [0.1, 0.15) is 0 Å². The van der Waals surface area contributed by atoms with E-state index in [-0.39, 0.29) is 5.20 Å². The minimum absolute atomic E-state index is 0.279. The van der Waals surface area contributed by atoms with E-state index >= 15 is 0 Å². The van der Waals surface area contributed by atoms with Gasteiger partial charge in [-0.1, -0.05) is 30.3 Å². The van der Waals surface area contributed by atoms with Crippen molar-refractivity contribution in [3.8, 4) is 0 Å². The number of benzene rings is 1. The Morgan fingerprint density at radius 1 is 1.17 bits per heavy atom. The summed E-state index contributed by atoms with van der Waals surface area (Å²) < 4.78 is 24.1. The van der Waals surface area contributed by atoms with Gasteiger partial charge in [-0.05, 0) is 17.2 Å². The van der Waals surface area contributed by atoms with Crippen molar-refractivity contribution in [1.82, 2.24) is 0 Å². The maximum absolute atomic E-state index is 12.0. The van der Waals surface area contributed by atoms with Crippen molar-refractivity contribution in [1.29, 1.82) is 0 Å². The molecule has 1 rings (SSSR count). The zero-order valence-electron chi connectivity index (χ0n) is 6.85. The Kier molecular flexibility index (Phi) is 3.16. The van der Waals surface area contributed by atoms with E-state index in [0.29, 0.717) is 16.7 Å². The molecule has 0 saturated carbocycles. The molecule has 0 unspecified atom stereocenters. The maximum atomic E-state index is 12.0. The molecule has 0 nitrogen and oxygen atoms in total. The highest BCUT2D eigenvalue weighted by atomic mass is 28.1. The Morgan fingerprint density at radius 3 is 2.25 bits per heavy atom. The quantitative estimate of drug-likeness (QED) is 0.614. The van der Waals surface area contributed by atoms with Crippen molar-refractivity contribution in [2.45, 2.75) is 6.42 Å². The lowest BCUT2D eigenvalue weighted by molar-refractivity contribution is 0.415. The van der Waals surface area contributed by atoms with Crippen molar-refractivity contribution < 1.29 is 8.78 Å². The Morgan fingerprint density at radius 2 is 1.75 bits per heavy atom. The molecule has 0 bridgehead atoms. The lowest BCUT2D eigenvalue weighted by Crippen LogP contribution is -1.90. The molecule has 3 heteroatoms. The van der Waals surface area contributed by atoms with Crippen LogP contribution in [-0.4, -0.2) is 10.2 Å². The Bertz CT molecular complexity index is 276. The van der Waals surface area contributed by atoms with Gasteiger partial charge in [-0.2, -0.15) is 8.78 Å². The Balaban J connectivity index is 2.72. The second-order valence-corrected chi connectivity index (χ2v) is 3.91. The van der Waals surface area contributed by atoms with Crippen LogP contribution >= 0.6 is 0 Å². The average Bonchev–Trinajstić information content (AvgIpc) is 2.06. The van der Waals surface area contributed by atoms with Crippen molar-refractivity contribution in [3.05, 3.63) is 47.2 Å². The molecule has 0 aliphatic carbocycles. The van der Waals surface area contributed by atoms with Crippen molar-refractivity contribution in [3.63, 3.8) is 0 Å². The number of halogens is 2. The van der Waals surface area contributed by atoms with Gasteiger partial charge in [0.05, 0.1) is 0 Å². The van der Waals surface area contributed by atoms with Crippen molar-refractivity contribution >= 4 is 10.2 Å². The molecular formula is C9H10F2Si. The molecule has 0 fully saturated rings. The van der Waals surface area contributed by atoms with E-state index in [0.717, 1.165) is 5.56 Å². The molecule has 0 N–H and O–H groups in total. The molecule has 1 aromatic rings. The summed E-state index contributed by atoms with van der Waals surface area (Å²) in [7, 11) is 0.438. The van der Waals surface area contributed by atoms with Crippen molar-refractivity contribution in [2.75, 3.05) is 0 Å². The third-order valence-electron chi connectivity index (χ3n) is 1.63. The van der Waals surface area contributed by atoms with Gasteiger partial charge in [-0.25, -0.2) is 0 Å². The van der Waals surface area contributed by atoms with E-state index in [1.807, 2.05) is 30.3 Å². The van der Waals surface area contributed by atoms with Gasteiger partial charge >= 0.3 is 0 Å². The highest BCUT2D eigenvalue weighted by Gasteiger charge is 1.99. The smallest absolute Gasteiger partial charge is 0.174 e. The fourth-order valence-electron chi connectivity index (χ4n) is 0.969. The number of hydrogen-bond donors (Lipinski definition) is 0. The topological polar surface area (TPSA) is 0 Å². The van der Waals surface area contributed by atoms with Crippen LogP contribution in [0.2, 0.25) is 0 Å². The summed E-state index contributed by atoms with van der Waals surface area (Å²) in [5, 5.41) is 0.279. The largest absolute Gasteiger partial charge is 0.264 e. The van der Waals surface area contributed by atoms with E-state index in [4.69, 9.17) is 0 Å². The molecule has 0 aliphatic rings. The van der Waals surface area contributed by atoms with Crippen LogP contribution in [0.25, 0.3) is 0 Å². The van der Waals surface area contributed by atoms with Crippen LogP contribution in [0.1, 0.15) is 5.56 Å². The number of allylic oxidation sites excluding steroid dienone is 1. The van der Waals surface area contributed by atoms with Gasteiger partial charge in [0, 0.05) is 10.2 Å². The molecule has 0 aliphatic heterocycles. The van der Waals surface area contributed by atoms with Gasteiger partial charge in [0.2, 0.25) is 0 Å². The minimum Gasteiger partial charge on any atom is -0.174 e. The third kappa shape index (κ3) is 2.58. The van der Waals surface area contributed by atoms with Gasteiger partial charge in [-0.3, -0.25) is 0 Å². The first-order valence-corrected chi connectivity index (χ1v) is 4.75. The average molecular weight is 184 g/mol. The van der Waals surface area contributed by atoms with E-state index in [2.05, 4.69) is 0 Å². The van der Waals surface area contributed by atoms with Gasteiger partial charge in [-0.15, -0.1) is 0 Å². The highest BCUT2D eigenvalue weighted by Crippen LogP contribution is 2.10. The first kappa shape index (κ1) is 9.13. The summed E-state index contributed by atoms with van der Waals surface area (Å²) in [5.74, 6) is 0. The van der Waals surface area contributed by atoms with Crippen LogP contribution in [0.4, 0.5) is 8.78 Å². The zero-order valence-corrected chi connectivity index (χ0v) is 8.85. The predicted molar refractivity (Wildman–Crippen MR) is 49.3 cm³/mol. The molecule has 0 radical (unpaired) electrons. The molecule has 0 amide bonds. The minimum atomic E-state index is -1.51. The van der Waals surface area contributed by atoms with Crippen LogP contribution in [0.3, 0.4) is 0 Å².